The van der Waals surface area contributed by atoms with Gasteiger partial charge >= 0.3 is 12.1 Å². The molecule has 142 valence electrons. The molecule has 2 aromatic rings. The molecule has 2 aromatic heterocycles. The Balaban J connectivity index is 2.36. The van der Waals surface area contributed by atoms with E-state index in [1.807, 2.05) is 0 Å². The van der Waals surface area contributed by atoms with Crippen LogP contribution in [0.4, 0.5) is 13.2 Å². The molecule has 1 amide bonds. The third-order valence-electron chi connectivity index (χ3n) is 3.72. The average molecular weight is 372 g/mol. The highest BCUT2D eigenvalue weighted by molar-refractivity contribution is 6.00. The number of amides is 1. The van der Waals surface area contributed by atoms with Crippen molar-refractivity contribution < 1.29 is 31.9 Å². The predicted octanol–water partition coefficient (Wildman–Crippen LogP) is 3.61. The monoisotopic (exact) mass is 372 g/mol. The molecule has 0 saturated carbocycles. The molecule has 0 fully saturated rings. The van der Waals surface area contributed by atoms with Gasteiger partial charge < -0.3 is 19.0 Å². The van der Waals surface area contributed by atoms with Crippen LogP contribution in [-0.2, 0) is 11.3 Å². The molecule has 6 nitrogen and oxygen atoms in total. The van der Waals surface area contributed by atoms with Gasteiger partial charge in [-0.1, -0.05) is 0 Å². The average Bonchev–Trinajstić information content (AvgIpc) is 3.13. The molecule has 0 aliphatic carbocycles. The van der Waals surface area contributed by atoms with Gasteiger partial charge in [0.25, 0.3) is 5.91 Å². The second kappa shape index (κ2) is 7.67. The third-order valence-corrected chi connectivity index (χ3v) is 3.72. The van der Waals surface area contributed by atoms with Crippen molar-refractivity contribution in [2.24, 2.45) is 0 Å². The van der Waals surface area contributed by atoms with Crippen molar-refractivity contribution in [1.82, 2.24) is 9.88 Å². The summed E-state index contributed by atoms with van der Waals surface area (Å²) in [6.07, 6.45) is -3.27. The van der Waals surface area contributed by atoms with E-state index < -0.39 is 24.6 Å². The maximum Gasteiger partial charge on any atom is 0.406 e. The fourth-order valence-electron chi connectivity index (χ4n) is 2.64. The van der Waals surface area contributed by atoms with Crippen LogP contribution >= 0.6 is 0 Å². The molecule has 2 rings (SSSR count). The highest BCUT2D eigenvalue weighted by atomic mass is 19.4. The molecular formula is C17H19F3N2O4. The lowest BCUT2D eigenvalue weighted by atomic mass is 10.1. The summed E-state index contributed by atoms with van der Waals surface area (Å²) < 4.78 is 48.7. The number of ether oxygens (including phenoxy) is 1. The highest BCUT2D eigenvalue weighted by Gasteiger charge is 2.35. The number of nitrogens with zero attached hydrogens (tertiary/aromatic N) is 1. The van der Waals surface area contributed by atoms with Crippen LogP contribution in [0, 0.1) is 13.8 Å². The van der Waals surface area contributed by atoms with Gasteiger partial charge in [0.05, 0.1) is 25.0 Å². The predicted molar refractivity (Wildman–Crippen MR) is 85.7 cm³/mol. The van der Waals surface area contributed by atoms with Crippen LogP contribution < -0.4 is 0 Å². The lowest BCUT2D eigenvalue weighted by Crippen LogP contribution is -2.38. The number of aryl methyl sites for hydroxylation is 1. The Kier molecular flexibility index (Phi) is 5.79. The summed E-state index contributed by atoms with van der Waals surface area (Å²) in [4.78, 5) is 28.1. The number of halogens is 3. The van der Waals surface area contributed by atoms with Gasteiger partial charge in [-0.25, -0.2) is 4.79 Å². The molecule has 0 saturated heterocycles. The minimum atomic E-state index is -4.58. The second-order valence-corrected chi connectivity index (χ2v) is 5.70. The number of aromatic nitrogens is 1. The van der Waals surface area contributed by atoms with E-state index in [-0.39, 0.29) is 35.7 Å². The van der Waals surface area contributed by atoms with Crippen LogP contribution in [0.2, 0.25) is 0 Å². The van der Waals surface area contributed by atoms with E-state index >= 15 is 0 Å². The summed E-state index contributed by atoms with van der Waals surface area (Å²) in [5, 5.41) is 0. The molecule has 0 bridgehead atoms. The number of carbonyl (C=O) groups is 2. The van der Waals surface area contributed by atoms with Crippen LogP contribution in [0.5, 0.6) is 0 Å². The normalized spacial score (nSPS) is 11.5. The van der Waals surface area contributed by atoms with E-state index in [1.165, 1.54) is 25.3 Å². The van der Waals surface area contributed by atoms with Crippen LogP contribution in [0.15, 0.2) is 22.8 Å². The molecule has 26 heavy (non-hydrogen) atoms. The number of hydrogen-bond donors (Lipinski definition) is 1. The van der Waals surface area contributed by atoms with Crippen LogP contribution in [0.3, 0.4) is 0 Å². The maximum absolute atomic E-state index is 12.9. The summed E-state index contributed by atoms with van der Waals surface area (Å²) in [6, 6.07) is 3.00. The lowest BCUT2D eigenvalue weighted by Gasteiger charge is -2.23. The van der Waals surface area contributed by atoms with Gasteiger partial charge in [-0.15, -0.1) is 0 Å². The molecule has 2 heterocycles. The number of alkyl halides is 3. The summed E-state index contributed by atoms with van der Waals surface area (Å²) in [6.45, 7) is 3.02. The Labute approximate surface area is 147 Å². The van der Waals surface area contributed by atoms with Gasteiger partial charge in [0.1, 0.15) is 18.0 Å². The molecule has 0 unspecified atom stereocenters. The zero-order valence-electron chi connectivity index (χ0n) is 14.6. The van der Waals surface area contributed by atoms with E-state index in [0.717, 1.165) is 0 Å². The summed E-state index contributed by atoms with van der Waals surface area (Å²) in [5.74, 6) is -1.30. The first-order valence-corrected chi connectivity index (χ1v) is 7.88. The Morgan fingerprint density at radius 2 is 2.00 bits per heavy atom. The standard InChI is InChI=1S/C17H19F3N2O4/c1-4-25-16(24)13-10(2)14(21-11(13)3)15(23)22(9-17(18,19)20)8-12-6-5-7-26-12/h5-7,21H,4,8-9H2,1-3H3. The summed E-state index contributed by atoms with van der Waals surface area (Å²) in [7, 11) is 0. The van der Waals surface area contributed by atoms with Crippen molar-refractivity contribution in [2.45, 2.75) is 33.5 Å². The number of hydrogen-bond acceptors (Lipinski definition) is 4. The van der Waals surface area contributed by atoms with Gasteiger partial charge in [-0.3, -0.25) is 4.79 Å². The Morgan fingerprint density at radius 1 is 1.31 bits per heavy atom. The fraction of sp³-hybridized carbons (Fsp3) is 0.412. The van der Waals surface area contributed by atoms with Gasteiger partial charge in [0.15, 0.2) is 0 Å². The quantitative estimate of drug-likeness (QED) is 0.786. The third kappa shape index (κ3) is 4.47. The fourth-order valence-corrected chi connectivity index (χ4v) is 2.64. The number of carbonyl (C=O) groups excluding carboxylic acids is 2. The number of esters is 1. The first-order chi connectivity index (χ1) is 12.1. The van der Waals surface area contributed by atoms with Crippen LogP contribution in [0.1, 0.15) is 44.8 Å². The van der Waals surface area contributed by atoms with E-state index in [0.29, 0.717) is 10.6 Å². The molecule has 0 aliphatic heterocycles. The number of H-pyrrole nitrogens is 1. The molecule has 0 aromatic carbocycles. The number of rotatable bonds is 6. The number of aromatic amines is 1. The van der Waals surface area contributed by atoms with Gasteiger partial charge in [-0.2, -0.15) is 13.2 Å². The molecule has 1 N–H and O–H groups in total. The first-order valence-electron chi connectivity index (χ1n) is 7.88. The first kappa shape index (κ1) is 19.6. The zero-order chi connectivity index (χ0) is 19.5. The van der Waals surface area contributed by atoms with Crippen LogP contribution in [0.25, 0.3) is 0 Å². The molecule has 0 spiro atoms. The molecule has 0 radical (unpaired) electrons. The molecular weight excluding hydrogens is 353 g/mol. The minimum Gasteiger partial charge on any atom is -0.467 e. The topological polar surface area (TPSA) is 75.5 Å². The number of furan rings is 1. The highest BCUT2D eigenvalue weighted by Crippen LogP contribution is 2.24. The summed E-state index contributed by atoms with van der Waals surface area (Å²) >= 11 is 0. The lowest BCUT2D eigenvalue weighted by molar-refractivity contribution is -0.142. The van der Waals surface area contributed by atoms with Gasteiger partial charge in [-0.05, 0) is 38.5 Å². The van der Waals surface area contributed by atoms with Gasteiger partial charge in [0, 0.05) is 5.69 Å². The second-order valence-electron chi connectivity index (χ2n) is 5.70. The van der Waals surface area contributed by atoms with Crippen LogP contribution in [-0.4, -0.2) is 41.1 Å². The molecule has 0 aliphatic rings. The minimum absolute atomic E-state index is 0.0821. The van der Waals surface area contributed by atoms with E-state index in [2.05, 4.69) is 4.98 Å². The Morgan fingerprint density at radius 3 is 2.54 bits per heavy atom. The van der Waals surface area contributed by atoms with Crippen molar-refractivity contribution in [3.63, 3.8) is 0 Å². The van der Waals surface area contributed by atoms with Crippen molar-refractivity contribution in [3.05, 3.63) is 46.7 Å². The van der Waals surface area contributed by atoms with Crippen molar-refractivity contribution in [1.29, 1.82) is 0 Å². The molecule has 9 heteroatoms. The van der Waals surface area contributed by atoms with E-state index in [1.54, 1.807) is 13.8 Å². The summed E-state index contributed by atoms with van der Waals surface area (Å²) in [5.41, 5.74) is 0.674. The Bertz CT molecular complexity index is 779. The SMILES string of the molecule is CCOC(=O)c1c(C)[nH]c(C(=O)N(Cc2ccco2)CC(F)(F)F)c1C. The number of nitrogens with one attached hydrogen (secondary N) is 1. The van der Waals surface area contributed by atoms with E-state index in [4.69, 9.17) is 9.15 Å². The zero-order valence-corrected chi connectivity index (χ0v) is 14.6. The van der Waals surface area contributed by atoms with Crippen molar-refractivity contribution in [2.75, 3.05) is 13.2 Å². The van der Waals surface area contributed by atoms with Crippen molar-refractivity contribution in [3.8, 4) is 0 Å². The van der Waals surface area contributed by atoms with E-state index in [9.17, 15) is 22.8 Å². The smallest absolute Gasteiger partial charge is 0.406 e. The largest absolute Gasteiger partial charge is 0.467 e. The van der Waals surface area contributed by atoms with Crippen molar-refractivity contribution >= 4 is 11.9 Å². The Hall–Kier alpha value is -2.71. The molecule has 0 atom stereocenters. The maximum atomic E-state index is 12.9. The van der Waals surface area contributed by atoms with Gasteiger partial charge in [0.2, 0.25) is 0 Å².